The Hall–Kier alpha value is -2.38. The van der Waals surface area contributed by atoms with Gasteiger partial charge in [0.15, 0.2) is 5.82 Å². The van der Waals surface area contributed by atoms with Crippen LogP contribution in [0.5, 0.6) is 0 Å². The van der Waals surface area contributed by atoms with Crippen molar-refractivity contribution in [2.24, 2.45) is 0 Å². The average Bonchev–Trinajstić information content (AvgIpc) is 2.50. The highest BCUT2D eigenvalue weighted by molar-refractivity contribution is 5.87. The van der Waals surface area contributed by atoms with Gasteiger partial charge in [0.2, 0.25) is 5.91 Å². The number of hydrogen-bond donors (Lipinski definition) is 2. The molecular weight excluding hydrogens is 286 g/mol. The molecule has 8 nitrogen and oxygen atoms in total. The summed E-state index contributed by atoms with van der Waals surface area (Å²) in [5.41, 5.74) is 0. The van der Waals surface area contributed by atoms with Crippen molar-refractivity contribution in [1.29, 1.82) is 0 Å². The molecule has 0 unspecified atom stereocenters. The molecule has 22 heavy (non-hydrogen) atoms. The highest BCUT2D eigenvalue weighted by atomic mass is 16.6. The summed E-state index contributed by atoms with van der Waals surface area (Å²) in [5.74, 6) is 0.903. The lowest BCUT2D eigenvalue weighted by atomic mass is 10.1. The summed E-state index contributed by atoms with van der Waals surface area (Å²) < 4.78 is 4.99. The minimum atomic E-state index is -0.250. The standard InChI is InChI=1S/C14H21N5O3/c1-3-22-14(21)19-8-6-11(7-9-19)16-13-5-4-12(17-18-13)15-10(2)20/h4-5,11H,3,6-9H2,1-2H3,(H,16,18)(H,15,17,20). The van der Waals surface area contributed by atoms with Crippen molar-refractivity contribution < 1.29 is 14.3 Å². The molecule has 1 aromatic rings. The van der Waals surface area contributed by atoms with Gasteiger partial charge in [-0.1, -0.05) is 0 Å². The van der Waals surface area contributed by atoms with Crippen molar-refractivity contribution >= 4 is 23.6 Å². The number of carbonyl (C=O) groups excluding carboxylic acids is 2. The molecule has 0 bridgehead atoms. The fourth-order valence-corrected chi connectivity index (χ4v) is 2.29. The Bertz CT molecular complexity index is 512. The summed E-state index contributed by atoms with van der Waals surface area (Å²) in [4.78, 5) is 24.2. The number of carbonyl (C=O) groups is 2. The zero-order valence-electron chi connectivity index (χ0n) is 12.8. The largest absolute Gasteiger partial charge is 0.450 e. The lowest BCUT2D eigenvalue weighted by molar-refractivity contribution is -0.114. The van der Waals surface area contributed by atoms with Gasteiger partial charge in [-0.15, -0.1) is 10.2 Å². The summed E-state index contributed by atoms with van der Waals surface area (Å²) in [7, 11) is 0. The third-order valence-corrected chi connectivity index (χ3v) is 3.34. The summed E-state index contributed by atoms with van der Waals surface area (Å²) in [5, 5.41) is 13.8. The first-order chi connectivity index (χ1) is 10.6. The average molecular weight is 307 g/mol. The molecular formula is C14H21N5O3. The molecule has 2 rings (SSSR count). The molecule has 0 spiro atoms. The molecule has 0 aromatic carbocycles. The molecule has 2 N–H and O–H groups in total. The summed E-state index contributed by atoms with van der Waals surface area (Å²) in [6.45, 7) is 4.94. The van der Waals surface area contributed by atoms with Gasteiger partial charge in [-0.05, 0) is 31.9 Å². The maximum atomic E-state index is 11.6. The van der Waals surface area contributed by atoms with Gasteiger partial charge < -0.3 is 20.3 Å². The Balaban J connectivity index is 1.80. The summed E-state index contributed by atoms with van der Waals surface area (Å²) in [6.07, 6.45) is 1.41. The Labute approximate surface area is 129 Å². The van der Waals surface area contributed by atoms with E-state index in [4.69, 9.17) is 4.74 Å². The van der Waals surface area contributed by atoms with Crippen molar-refractivity contribution in [3.05, 3.63) is 12.1 Å². The predicted octanol–water partition coefficient (Wildman–Crippen LogP) is 1.47. The van der Waals surface area contributed by atoms with E-state index in [9.17, 15) is 9.59 Å². The molecule has 1 saturated heterocycles. The first-order valence-corrected chi connectivity index (χ1v) is 7.38. The zero-order valence-corrected chi connectivity index (χ0v) is 12.8. The van der Waals surface area contributed by atoms with E-state index in [1.165, 1.54) is 6.92 Å². The molecule has 1 aliphatic rings. The van der Waals surface area contributed by atoms with Crippen LogP contribution in [0.3, 0.4) is 0 Å². The lowest BCUT2D eigenvalue weighted by Gasteiger charge is -2.31. The Morgan fingerprint density at radius 2 is 1.91 bits per heavy atom. The quantitative estimate of drug-likeness (QED) is 0.874. The maximum absolute atomic E-state index is 11.6. The van der Waals surface area contributed by atoms with E-state index in [1.807, 2.05) is 0 Å². The number of aromatic nitrogens is 2. The predicted molar refractivity (Wildman–Crippen MR) is 81.6 cm³/mol. The Morgan fingerprint density at radius 1 is 1.27 bits per heavy atom. The van der Waals surface area contributed by atoms with Crippen LogP contribution in [-0.4, -0.2) is 52.8 Å². The summed E-state index contributed by atoms with van der Waals surface area (Å²) in [6, 6.07) is 3.71. The molecule has 0 atom stereocenters. The number of ether oxygens (including phenoxy) is 1. The second kappa shape index (κ2) is 7.58. The monoisotopic (exact) mass is 307 g/mol. The third kappa shape index (κ3) is 4.57. The van der Waals surface area contributed by atoms with Crippen LogP contribution in [0.4, 0.5) is 16.4 Å². The van der Waals surface area contributed by atoms with Crippen LogP contribution in [0.15, 0.2) is 12.1 Å². The van der Waals surface area contributed by atoms with Crippen LogP contribution < -0.4 is 10.6 Å². The second-order valence-electron chi connectivity index (χ2n) is 5.09. The summed E-state index contributed by atoms with van der Waals surface area (Å²) >= 11 is 0. The first kappa shape index (κ1) is 16.0. The fraction of sp³-hybridized carbons (Fsp3) is 0.571. The van der Waals surface area contributed by atoms with Gasteiger partial charge in [0.1, 0.15) is 5.82 Å². The Kier molecular flexibility index (Phi) is 5.51. The van der Waals surface area contributed by atoms with Crippen molar-refractivity contribution in [1.82, 2.24) is 15.1 Å². The van der Waals surface area contributed by atoms with Gasteiger partial charge in [-0.2, -0.15) is 0 Å². The lowest BCUT2D eigenvalue weighted by Crippen LogP contribution is -2.42. The molecule has 1 fully saturated rings. The SMILES string of the molecule is CCOC(=O)N1CCC(Nc2ccc(NC(C)=O)nn2)CC1. The van der Waals surface area contributed by atoms with Crippen molar-refractivity contribution in [3.63, 3.8) is 0 Å². The maximum Gasteiger partial charge on any atom is 0.409 e. The number of likely N-dealkylation sites (tertiary alicyclic amines) is 1. The molecule has 1 aliphatic heterocycles. The van der Waals surface area contributed by atoms with Crippen LogP contribution in [0.2, 0.25) is 0 Å². The molecule has 2 heterocycles. The molecule has 0 aliphatic carbocycles. The van der Waals surface area contributed by atoms with E-state index in [0.29, 0.717) is 31.3 Å². The van der Waals surface area contributed by atoms with Gasteiger partial charge in [0.25, 0.3) is 0 Å². The van der Waals surface area contributed by atoms with E-state index >= 15 is 0 Å². The van der Waals surface area contributed by atoms with E-state index < -0.39 is 0 Å². The zero-order chi connectivity index (χ0) is 15.9. The van der Waals surface area contributed by atoms with E-state index in [-0.39, 0.29) is 18.0 Å². The number of piperidine rings is 1. The highest BCUT2D eigenvalue weighted by Crippen LogP contribution is 2.16. The molecule has 8 heteroatoms. The number of nitrogens with zero attached hydrogens (tertiary/aromatic N) is 3. The van der Waals surface area contributed by atoms with Crippen LogP contribution in [0.25, 0.3) is 0 Å². The third-order valence-electron chi connectivity index (χ3n) is 3.34. The van der Waals surface area contributed by atoms with Crippen LogP contribution in [-0.2, 0) is 9.53 Å². The minimum Gasteiger partial charge on any atom is -0.450 e. The number of nitrogens with one attached hydrogen (secondary N) is 2. The van der Waals surface area contributed by atoms with Gasteiger partial charge in [0, 0.05) is 26.1 Å². The second-order valence-corrected chi connectivity index (χ2v) is 5.09. The van der Waals surface area contributed by atoms with Crippen molar-refractivity contribution in [3.8, 4) is 0 Å². The van der Waals surface area contributed by atoms with Crippen LogP contribution in [0.1, 0.15) is 26.7 Å². The van der Waals surface area contributed by atoms with Crippen LogP contribution >= 0.6 is 0 Å². The number of hydrogen-bond acceptors (Lipinski definition) is 6. The molecule has 0 radical (unpaired) electrons. The first-order valence-electron chi connectivity index (χ1n) is 7.38. The van der Waals surface area contributed by atoms with E-state index in [1.54, 1.807) is 24.0 Å². The van der Waals surface area contributed by atoms with E-state index in [2.05, 4.69) is 20.8 Å². The number of rotatable bonds is 4. The molecule has 0 saturated carbocycles. The van der Waals surface area contributed by atoms with Gasteiger partial charge in [-0.3, -0.25) is 4.79 Å². The van der Waals surface area contributed by atoms with Crippen LogP contribution in [0, 0.1) is 0 Å². The van der Waals surface area contributed by atoms with Crippen molar-refractivity contribution in [2.45, 2.75) is 32.7 Å². The highest BCUT2D eigenvalue weighted by Gasteiger charge is 2.23. The van der Waals surface area contributed by atoms with Gasteiger partial charge in [-0.25, -0.2) is 4.79 Å². The number of anilines is 2. The van der Waals surface area contributed by atoms with Gasteiger partial charge in [0.05, 0.1) is 6.61 Å². The Morgan fingerprint density at radius 3 is 2.45 bits per heavy atom. The molecule has 2 amide bonds. The smallest absolute Gasteiger partial charge is 0.409 e. The topological polar surface area (TPSA) is 96.5 Å². The normalized spacial score (nSPS) is 15.3. The van der Waals surface area contributed by atoms with Crippen molar-refractivity contribution in [2.75, 3.05) is 30.3 Å². The van der Waals surface area contributed by atoms with E-state index in [0.717, 1.165) is 12.8 Å². The van der Waals surface area contributed by atoms with Gasteiger partial charge >= 0.3 is 6.09 Å². The molecule has 120 valence electrons. The molecule has 1 aromatic heterocycles. The number of amides is 2. The minimum absolute atomic E-state index is 0.179. The fourth-order valence-electron chi connectivity index (χ4n) is 2.29.